The van der Waals surface area contributed by atoms with Crippen LogP contribution >= 0.6 is 0 Å². The lowest BCUT2D eigenvalue weighted by Crippen LogP contribution is -2.26. The molecule has 0 bridgehead atoms. The molecule has 2 N–H and O–H groups in total. The first-order valence-electron chi connectivity index (χ1n) is 5.69. The van der Waals surface area contributed by atoms with Crippen molar-refractivity contribution in [3.63, 3.8) is 0 Å². The molecule has 18 heavy (non-hydrogen) atoms. The van der Waals surface area contributed by atoms with E-state index in [1.54, 1.807) is 18.0 Å². The molecule has 0 saturated carbocycles. The quantitative estimate of drug-likeness (QED) is 0.905. The maximum atomic E-state index is 12.2. The number of nitrogens with zero attached hydrogens (tertiary/aromatic N) is 2. The molecule has 0 radical (unpaired) electrons. The van der Waals surface area contributed by atoms with E-state index in [2.05, 4.69) is 4.98 Å². The Bertz CT molecular complexity index is 416. The number of halogens is 3. The first-order valence-corrected chi connectivity index (χ1v) is 5.69. The van der Waals surface area contributed by atoms with Crippen molar-refractivity contribution in [2.45, 2.75) is 33.0 Å². The van der Waals surface area contributed by atoms with Gasteiger partial charge in [0.2, 0.25) is 0 Å². The van der Waals surface area contributed by atoms with Gasteiger partial charge in [0.1, 0.15) is 0 Å². The fraction of sp³-hybridized carbons (Fsp3) is 0.583. The van der Waals surface area contributed by atoms with E-state index in [4.69, 9.17) is 5.73 Å². The topological polar surface area (TPSA) is 42.1 Å². The summed E-state index contributed by atoms with van der Waals surface area (Å²) < 4.78 is 36.6. The summed E-state index contributed by atoms with van der Waals surface area (Å²) in [7, 11) is 1.64. The number of anilines is 1. The predicted molar refractivity (Wildman–Crippen MR) is 65.5 cm³/mol. The van der Waals surface area contributed by atoms with Gasteiger partial charge in [-0.3, -0.25) is 4.98 Å². The Balaban J connectivity index is 2.94. The Morgan fingerprint density at radius 2 is 1.94 bits per heavy atom. The maximum Gasteiger partial charge on any atom is 0.390 e. The van der Waals surface area contributed by atoms with Gasteiger partial charge in [-0.2, -0.15) is 13.2 Å². The number of aromatic nitrogens is 1. The van der Waals surface area contributed by atoms with E-state index in [1.165, 1.54) is 0 Å². The Labute approximate surface area is 105 Å². The molecular weight excluding hydrogens is 243 g/mol. The van der Waals surface area contributed by atoms with Crippen molar-refractivity contribution in [2.75, 3.05) is 18.5 Å². The van der Waals surface area contributed by atoms with Crippen molar-refractivity contribution in [3.05, 3.63) is 23.0 Å². The van der Waals surface area contributed by atoms with Crippen molar-refractivity contribution in [1.82, 2.24) is 4.98 Å². The highest BCUT2D eigenvalue weighted by Gasteiger charge is 2.27. The third-order valence-corrected chi connectivity index (χ3v) is 2.78. The fourth-order valence-corrected chi connectivity index (χ4v) is 1.84. The van der Waals surface area contributed by atoms with Crippen LogP contribution in [0.3, 0.4) is 0 Å². The largest absolute Gasteiger partial charge is 0.390 e. The van der Waals surface area contributed by atoms with Gasteiger partial charge in [-0.1, -0.05) is 0 Å². The van der Waals surface area contributed by atoms with E-state index in [0.29, 0.717) is 0 Å². The van der Waals surface area contributed by atoms with Gasteiger partial charge in [-0.25, -0.2) is 0 Å². The van der Waals surface area contributed by atoms with E-state index >= 15 is 0 Å². The molecule has 1 aromatic heterocycles. The molecule has 1 heterocycles. The smallest absolute Gasteiger partial charge is 0.374 e. The number of aryl methyl sites for hydroxylation is 2. The third kappa shape index (κ3) is 3.87. The van der Waals surface area contributed by atoms with Gasteiger partial charge in [0.25, 0.3) is 0 Å². The van der Waals surface area contributed by atoms with Crippen molar-refractivity contribution < 1.29 is 13.2 Å². The van der Waals surface area contributed by atoms with Crippen LogP contribution in [0.4, 0.5) is 18.9 Å². The minimum Gasteiger partial charge on any atom is -0.374 e. The van der Waals surface area contributed by atoms with Gasteiger partial charge in [-0.15, -0.1) is 0 Å². The summed E-state index contributed by atoms with van der Waals surface area (Å²) >= 11 is 0. The third-order valence-electron chi connectivity index (χ3n) is 2.78. The monoisotopic (exact) mass is 261 g/mol. The van der Waals surface area contributed by atoms with Crippen LogP contribution in [0.2, 0.25) is 0 Å². The number of hydrogen-bond acceptors (Lipinski definition) is 3. The highest BCUT2D eigenvalue weighted by atomic mass is 19.4. The summed E-state index contributed by atoms with van der Waals surface area (Å²) in [6, 6.07) is 1.77. The van der Waals surface area contributed by atoms with Crippen LogP contribution in [-0.2, 0) is 6.54 Å². The SMILES string of the molecule is Cc1cc(N(C)CCC(F)(F)F)c(CN)c(C)n1. The molecular formula is C12H18F3N3. The highest BCUT2D eigenvalue weighted by molar-refractivity contribution is 5.55. The second kappa shape index (κ2) is 5.56. The van der Waals surface area contributed by atoms with Crippen LogP contribution in [0.25, 0.3) is 0 Å². The molecule has 0 aliphatic rings. The molecule has 0 aliphatic carbocycles. The summed E-state index contributed by atoms with van der Waals surface area (Å²) in [4.78, 5) is 5.85. The normalized spacial score (nSPS) is 11.7. The standard InChI is InChI=1S/C12H18F3N3/c1-8-6-11(10(7-16)9(2)17-8)18(3)5-4-12(13,14)15/h6H,4-5,7,16H2,1-3H3. The first kappa shape index (κ1) is 14.8. The number of rotatable bonds is 4. The molecule has 102 valence electrons. The lowest BCUT2D eigenvalue weighted by Gasteiger charge is -2.24. The molecule has 0 aliphatic heterocycles. The van der Waals surface area contributed by atoms with Crippen LogP contribution in [0.1, 0.15) is 23.4 Å². The average Bonchev–Trinajstić information content (AvgIpc) is 2.24. The lowest BCUT2D eigenvalue weighted by atomic mass is 10.1. The van der Waals surface area contributed by atoms with Crippen LogP contribution in [0, 0.1) is 13.8 Å². The molecule has 0 spiro atoms. The fourth-order valence-electron chi connectivity index (χ4n) is 1.84. The van der Waals surface area contributed by atoms with E-state index < -0.39 is 12.6 Å². The Morgan fingerprint density at radius 3 is 2.44 bits per heavy atom. The summed E-state index contributed by atoms with van der Waals surface area (Å²) in [6.45, 7) is 3.81. The molecule has 0 fully saturated rings. The predicted octanol–water partition coefficient (Wildman–Crippen LogP) is 2.55. The number of pyridine rings is 1. The molecule has 0 amide bonds. The van der Waals surface area contributed by atoms with Gasteiger partial charge in [0.15, 0.2) is 0 Å². The van der Waals surface area contributed by atoms with Crippen molar-refractivity contribution >= 4 is 5.69 Å². The van der Waals surface area contributed by atoms with Crippen molar-refractivity contribution in [3.8, 4) is 0 Å². The van der Waals surface area contributed by atoms with Crippen LogP contribution < -0.4 is 10.6 Å². The van der Waals surface area contributed by atoms with Gasteiger partial charge in [-0.05, 0) is 19.9 Å². The van der Waals surface area contributed by atoms with Gasteiger partial charge < -0.3 is 10.6 Å². The summed E-state index contributed by atoms with van der Waals surface area (Å²) in [5.74, 6) is 0. The summed E-state index contributed by atoms with van der Waals surface area (Å²) in [6.07, 6.45) is -4.98. The van der Waals surface area contributed by atoms with E-state index in [9.17, 15) is 13.2 Å². The zero-order valence-electron chi connectivity index (χ0n) is 10.8. The molecule has 3 nitrogen and oxygen atoms in total. The number of hydrogen-bond donors (Lipinski definition) is 1. The van der Waals surface area contributed by atoms with Gasteiger partial charge >= 0.3 is 6.18 Å². The van der Waals surface area contributed by atoms with E-state index in [-0.39, 0.29) is 13.1 Å². The summed E-state index contributed by atoms with van der Waals surface area (Å²) in [5, 5.41) is 0. The minimum absolute atomic E-state index is 0.0839. The lowest BCUT2D eigenvalue weighted by molar-refractivity contribution is -0.132. The molecule has 0 atom stereocenters. The first-order chi connectivity index (χ1) is 8.24. The Hall–Kier alpha value is -1.30. The Morgan fingerprint density at radius 1 is 1.33 bits per heavy atom. The molecule has 0 saturated heterocycles. The molecule has 0 aromatic carbocycles. The maximum absolute atomic E-state index is 12.2. The van der Waals surface area contributed by atoms with Crippen LogP contribution in [0.15, 0.2) is 6.07 Å². The minimum atomic E-state index is -4.14. The highest BCUT2D eigenvalue weighted by Crippen LogP contribution is 2.25. The zero-order valence-corrected chi connectivity index (χ0v) is 10.8. The number of alkyl halides is 3. The van der Waals surface area contributed by atoms with Crippen molar-refractivity contribution in [1.29, 1.82) is 0 Å². The Kier molecular flexibility index (Phi) is 4.56. The van der Waals surface area contributed by atoms with E-state index in [1.807, 2.05) is 13.8 Å². The van der Waals surface area contributed by atoms with Crippen molar-refractivity contribution in [2.24, 2.45) is 5.73 Å². The average molecular weight is 261 g/mol. The zero-order chi connectivity index (χ0) is 13.9. The van der Waals surface area contributed by atoms with Crippen LogP contribution in [-0.4, -0.2) is 24.8 Å². The molecule has 1 rings (SSSR count). The second-order valence-electron chi connectivity index (χ2n) is 4.34. The molecule has 1 aromatic rings. The number of nitrogens with two attached hydrogens (primary N) is 1. The van der Waals surface area contributed by atoms with Crippen LogP contribution in [0.5, 0.6) is 0 Å². The molecule has 0 unspecified atom stereocenters. The second-order valence-corrected chi connectivity index (χ2v) is 4.34. The van der Waals surface area contributed by atoms with E-state index in [0.717, 1.165) is 22.6 Å². The van der Waals surface area contributed by atoms with Gasteiger partial charge in [0.05, 0.1) is 6.42 Å². The van der Waals surface area contributed by atoms with Gasteiger partial charge in [0, 0.05) is 42.8 Å². The summed E-state index contributed by atoms with van der Waals surface area (Å²) in [5.41, 5.74) is 8.70. The molecule has 6 heteroatoms.